The number of carbonyl (C=O) groups is 3. The van der Waals surface area contributed by atoms with E-state index in [4.69, 9.17) is 4.74 Å². The van der Waals surface area contributed by atoms with Gasteiger partial charge in [0.25, 0.3) is 17.7 Å². The van der Waals surface area contributed by atoms with E-state index in [1.165, 1.54) is 4.90 Å². The van der Waals surface area contributed by atoms with Gasteiger partial charge in [-0.05, 0) is 24.6 Å². The minimum Gasteiger partial charge on any atom is -0.385 e. The summed E-state index contributed by atoms with van der Waals surface area (Å²) in [5, 5.41) is 0. The maximum absolute atomic E-state index is 13.2. The fraction of sp³-hybridized carbons (Fsp3) is 0.296. The van der Waals surface area contributed by atoms with Crippen molar-refractivity contribution in [1.82, 2.24) is 19.8 Å². The van der Waals surface area contributed by atoms with Crippen molar-refractivity contribution in [3.05, 3.63) is 77.6 Å². The lowest BCUT2D eigenvalue weighted by Gasteiger charge is -2.35. The van der Waals surface area contributed by atoms with Crippen LogP contribution in [0.2, 0.25) is 0 Å². The number of rotatable bonds is 7. The molecule has 2 aliphatic heterocycles. The van der Waals surface area contributed by atoms with Crippen molar-refractivity contribution in [2.45, 2.75) is 6.42 Å². The van der Waals surface area contributed by atoms with Gasteiger partial charge in [0.1, 0.15) is 12.1 Å². The van der Waals surface area contributed by atoms with Crippen LogP contribution in [0.25, 0.3) is 11.3 Å². The molecule has 1 fully saturated rings. The van der Waals surface area contributed by atoms with Gasteiger partial charge in [-0.15, -0.1) is 0 Å². The zero-order valence-electron chi connectivity index (χ0n) is 20.1. The fourth-order valence-electron chi connectivity index (χ4n) is 4.60. The molecule has 3 aromatic rings. The van der Waals surface area contributed by atoms with Gasteiger partial charge in [-0.3, -0.25) is 19.3 Å². The van der Waals surface area contributed by atoms with Crippen LogP contribution in [-0.4, -0.2) is 83.9 Å². The minimum atomic E-state index is -0.358. The smallest absolute Gasteiger partial charge is 0.261 e. The Hall–Kier alpha value is -4.11. The SMILES string of the molecule is COCCCN1C(=O)c2ccc(C(=O)N3CCN(c4cc(-c5ccccc5)ncn4)CC3)cc2C1=O. The molecule has 0 unspecified atom stereocenters. The Morgan fingerprint density at radius 1 is 0.917 bits per heavy atom. The number of anilines is 1. The van der Waals surface area contributed by atoms with Gasteiger partial charge in [0, 0.05) is 63.6 Å². The monoisotopic (exact) mass is 485 g/mol. The summed E-state index contributed by atoms with van der Waals surface area (Å²) >= 11 is 0. The Bertz CT molecular complexity index is 1290. The van der Waals surface area contributed by atoms with Crippen LogP contribution in [0.1, 0.15) is 37.5 Å². The predicted octanol–water partition coefficient (Wildman–Crippen LogP) is 2.74. The molecule has 1 saturated heterocycles. The lowest BCUT2D eigenvalue weighted by Crippen LogP contribution is -2.49. The Labute approximate surface area is 209 Å². The Kier molecular flexibility index (Phi) is 6.73. The first-order valence-corrected chi connectivity index (χ1v) is 12.0. The van der Waals surface area contributed by atoms with Crippen molar-refractivity contribution in [2.24, 2.45) is 0 Å². The first-order chi connectivity index (χ1) is 17.6. The summed E-state index contributed by atoms with van der Waals surface area (Å²) in [5.41, 5.74) is 2.92. The molecule has 36 heavy (non-hydrogen) atoms. The van der Waals surface area contributed by atoms with Crippen LogP contribution in [0.5, 0.6) is 0 Å². The summed E-state index contributed by atoms with van der Waals surface area (Å²) in [7, 11) is 1.58. The predicted molar refractivity (Wildman–Crippen MR) is 134 cm³/mol. The van der Waals surface area contributed by atoms with Crippen LogP contribution in [0, 0.1) is 0 Å². The number of benzene rings is 2. The second kappa shape index (κ2) is 10.2. The highest BCUT2D eigenvalue weighted by Crippen LogP contribution is 2.26. The van der Waals surface area contributed by atoms with Crippen LogP contribution in [-0.2, 0) is 4.74 Å². The fourth-order valence-corrected chi connectivity index (χ4v) is 4.60. The maximum Gasteiger partial charge on any atom is 0.261 e. The van der Waals surface area contributed by atoms with E-state index in [1.807, 2.05) is 36.4 Å². The summed E-state index contributed by atoms with van der Waals surface area (Å²) in [5.74, 6) is -0.00339. The largest absolute Gasteiger partial charge is 0.385 e. The molecule has 9 nitrogen and oxygen atoms in total. The highest BCUT2D eigenvalue weighted by Gasteiger charge is 2.36. The highest BCUT2D eigenvalue weighted by molar-refractivity contribution is 6.22. The molecule has 0 bridgehead atoms. The topological polar surface area (TPSA) is 95.9 Å². The summed E-state index contributed by atoms with van der Waals surface area (Å²) in [6, 6.07) is 16.7. The molecule has 0 aliphatic carbocycles. The third-order valence-electron chi connectivity index (χ3n) is 6.56. The quantitative estimate of drug-likeness (QED) is 0.375. The van der Waals surface area contributed by atoms with Gasteiger partial charge in [-0.25, -0.2) is 9.97 Å². The summed E-state index contributed by atoms with van der Waals surface area (Å²) in [6.45, 7) is 3.07. The molecule has 184 valence electrons. The number of ether oxygens (including phenoxy) is 1. The van der Waals surface area contributed by atoms with Gasteiger partial charge >= 0.3 is 0 Å². The van der Waals surface area contributed by atoms with Crippen molar-refractivity contribution in [1.29, 1.82) is 0 Å². The standard InChI is InChI=1S/C27H27N5O4/c1-36-15-5-10-32-26(34)21-9-8-20(16-22(21)27(32)35)25(33)31-13-11-30(12-14-31)24-17-23(28-18-29-24)19-6-3-2-4-7-19/h2-4,6-9,16-18H,5,10-15H2,1H3. The molecule has 3 amide bonds. The van der Waals surface area contributed by atoms with Gasteiger partial charge in [0.15, 0.2) is 0 Å². The van der Waals surface area contributed by atoms with Gasteiger partial charge < -0.3 is 14.5 Å². The third-order valence-corrected chi connectivity index (χ3v) is 6.56. The molecule has 9 heteroatoms. The van der Waals surface area contributed by atoms with E-state index < -0.39 is 0 Å². The molecule has 0 radical (unpaired) electrons. The van der Waals surface area contributed by atoms with Crippen LogP contribution < -0.4 is 4.90 Å². The number of carbonyl (C=O) groups excluding carboxylic acids is 3. The van der Waals surface area contributed by atoms with Crippen LogP contribution in [0.4, 0.5) is 5.82 Å². The van der Waals surface area contributed by atoms with Crippen molar-refractivity contribution in [3.8, 4) is 11.3 Å². The van der Waals surface area contributed by atoms with Gasteiger partial charge in [-0.2, -0.15) is 0 Å². The van der Waals surface area contributed by atoms with Crippen molar-refractivity contribution in [2.75, 3.05) is 51.3 Å². The van der Waals surface area contributed by atoms with Crippen LogP contribution in [0.3, 0.4) is 0 Å². The van der Waals surface area contributed by atoms with E-state index in [0.717, 1.165) is 17.1 Å². The van der Waals surface area contributed by atoms with Crippen molar-refractivity contribution < 1.29 is 19.1 Å². The lowest BCUT2D eigenvalue weighted by atomic mass is 10.0. The van der Waals surface area contributed by atoms with Crippen LogP contribution in [0.15, 0.2) is 60.9 Å². The minimum absolute atomic E-state index is 0.150. The average Bonchev–Trinajstić information content (AvgIpc) is 3.17. The number of fused-ring (bicyclic) bond motifs is 1. The second-order valence-corrected chi connectivity index (χ2v) is 8.78. The highest BCUT2D eigenvalue weighted by atomic mass is 16.5. The Morgan fingerprint density at radius 2 is 1.67 bits per heavy atom. The third kappa shape index (κ3) is 4.57. The molecule has 0 N–H and O–H groups in total. The van der Waals surface area contributed by atoms with Crippen molar-refractivity contribution >= 4 is 23.5 Å². The van der Waals surface area contributed by atoms with E-state index in [1.54, 1.807) is 36.5 Å². The van der Waals surface area contributed by atoms with E-state index in [2.05, 4.69) is 14.9 Å². The lowest BCUT2D eigenvalue weighted by molar-refractivity contribution is 0.0638. The molecule has 0 atom stereocenters. The number of amides is 3. The van der Waals surface area contributed by atoms with Crippen LogP contribution >= 0.6 is 0 Å². The molecular weight excluding hydrogens is 458 g/mol. The average molecular weight is 486 g/mol. The normalized spacial score (nSPS) is 15.4. The Morgan fingerprint density at radius 3 is 2.42 bits per heavy atom. The molecule has 0 saturated carbocycles. The first kappa shape index (κ1) is 23.6. The number of methoxy groups -OCH3 is 1. The van der Waals surface area contributed by atoms with E-state index >= 15 is 0 Å². The first-order valence-electron chi connectivity index (χ1n) is 12.0. The summed E-state index contributed by atoms with van der Waals surface area (Å²) in [6.07, 6.45) is 2.13. The maximum atomic E-state index is 13.2. The number of imide groups is 1. The molecule has 2 aliphatic rings. The number of nitrogens with zero attached hydrogens (tertiary/aromatic N) is 5. The number of hydrogen-bond donors (Lipinski definition) is 0. The van der Waals surface area contributed by atoms with E-state index in [0.29, 0.717) is 56.9 Å². The summed E-state index contributed by atoms with van der Waals surface area (Å²) < 4.78 is 5.02. The van der Waals surface area contributed by atoms with E-state index in [-0.39, 0.29) is 23.3 Å². The van der Waals surface area contributed by atoms with Gasteiger partial charge in [-0.1, -0.05) is 30.3 Å². The number of hydrogen-bond acceptors (Lipinski definition) is 7. The van der Waals surface area contributed by atoms with Gasteiger partial charge in [0.05, 0.1) is 16.8 Å². The zero-order valence-corrected chi connectivity index (χ0v) is 20.1. The molecule has 3 heterocycles. The zero-order chi connectivity index (χ0) is 25.1. The van der Waals surface area contributed by atoms with E-state index in [9.17, 15) is 14.4 Å². The molecule has 1 aromatic heterocycles. The number of piperazine rings is 1. The molecule has 2 aromatic carbocycles. The molecule has 5 rings (SSSR count). The molecular formula is C27H27N5O4. The number of aromatic nitrogens is 2. The molecule has 0 spiro atoms. The van der Waals surface area contributed by atoms with Crippen molar-refractivity contribution in [3.63, 3.8) is 0 Å². The second-order valence-electron chi connectivity index (χ2n) is 8.78. The Balaban J connectivity index is 1.24. The summed E-state index contributed by atoms with van der Waals surface area (Å²) in [4.78, 5) is 52.6. The van der Waals surface area contributed by atoms with Gasteiger partial charge in [0.2, 0.25) is 0 Å².